The van der Waals surface area contributed by atoms with E-state index in [2.05, 4.69) is 10.1 Å². The van der Waals surface area contributed by atoms with E-state index in [1.54, 1.807) is 16.9 Å². The van der Waals surface area contributed by atoms with Crippen molar-refractivity contribution in [2.24, 2.45) is 0 Å². The van der Waals surface area contributed by atoms with Crippen molar-refractivity contribution >= 4 is 11.7 Å². The summed E-state index contributed by atoms with van der Waals surface area (Å²) in [5.41, 5.74) is 6.77. The second-order valence-corrected chi connectivity index (χ2v) is 5.14. The first-order valence-corrected chi connectivity index (χ1v) is 7.04. The summed E-state index contributed by atoms with van der Waals surface area (Å²) in [5, 5.41) is 4.11. The van der Waals surface area contributed by atoms with Crippen molar-refractivity contribution < 1.29 is 9.53 Å². The van der Waals surface area contributed by atoms with Gasteiger partial charge in [-0.15, -0.1) is 0 Å². The lowest BCUT2D eigenvalue weighted by molar-refractivity contribution is 0.0442. The van der Waals surface area contributed by atoms with Crippen molar-refractivity contribution in [3.63, 3.8) is 0 Å². The van der Waals surface area contributed by atoms with Crippen LogP contribution in [0.4, 0.5) is 5.69 Å². The zero-order chi connectivity index (χ0) is 15.4. The van der Waals surface area contributed by atoms with E-state index in [4.69, 9.17) is 10.5 Å². The van der Waals surface area contributed by atoms with Gasteiger partial charge in [0, 0.05) is 18.8 Å². The van der Waals surface area contributed by atoms with Crippen LogP contribution in [0.3, 0.4) is 0 Å². The quantitative estimate of drug-likeness (QED) is 0.822. The Bertz CT molecular complexity index is 615. The molecule has 7 nitrogen and oxygen atoms in total. The lowest BCUT2D eigenvalue weighted by Crippen LogP contribution is -2.15. The van der Waals surface area contributed by atoms with E-state index in [1.807, 2.05) is 25.3 Å². The average molecular weight is 291 g/mol. The predicted octanol–water partition coefficient (Wildman–Crippen LogP) is 2.01. The third kappa shape index (κ3) is 3.42. The van der Waals surface area contributed by atoms with Gasteiger partial charge in [0.25, 0.3) is 0 Å². The van der Waals surface area contributed by atoms with Crippen molar-refractivity contribution in [3.8, 4) is 0 Å². The van der Waals surface area contributed by atoms with Crippen LogP contribution in [0.2, 0.25) is 0 Å². The van der Waals surface area contributed by atoms with E-state index in [0.29, 0.717) is 17.2 Å². The molecule has 0 spiro atoms. The van der Waals surface area contributed by atoms with Gasteiger partial charge < -0.3 is 15.0 Å². The van der Waals surface area contributed by atoms with Crippen LogP contribution in [0.15, 0.2) is 18.6 Å². The lowest BCUT2D eigenvalue weighted by atomic mass is 10.4. The van der Waals surface area contributed by atoms with Crippen molar-refractivity contribution in [1.82, 2.24) is 19.3 Å². The molecule has 114 valence electrons. The first kappa shape index (κ1) is 15.1. The zero-order valence-electron chi connectivity index (χ0n) is 12.6. The third-order valence-electron chi connectivity index (χ3n) is 3.06. The standard InChI is InChI=1S/C14H21N5O2/c1-4-5-18-7-11(15)6-12(18)14(20)21-8-13-16-9-17-19(13)10(2)3/h6-7,9-10H,4-5,8,15H2,1-3H3. The van der Waals surface area contributed by atoms with E-state index in [1.165, 1.54) is 6.33 Å². The summed E-state index contributed by atoms with van der Waals surface area (Å²) in [6.07, 6.45) is 4.12. The molecule has 21 heavy (non-hydrogen) atoms. The van der Waals surface area contributed by atoms with Gasteiger partial charge in [-0.25, -0.2) is 14.5 Å². The number of anilines is 1. The summed E-state index contributed by atoms with van der Waals surface area (Å²) in [7, 11) is 0. The number of esters is 1. The van der Waals surface area contributed by atoms with Gasteiger partial charge in [-0.3, -0.25) is 0 Å². The number of carbonyl (C=O) groups excluding carboxylic acids is 1. The van der Waals surface area contributed by atoms with Gasteiger partial charge in [0.05, 0.1) is 5.69 Å². The van der Waals surface area contributed by atoms with Crippen LogP contribution >= 0.6 is 0 Å². The molecule has 0 unspecified atom stereocenters. The Balaban J connectivity index is 2.06. The van der Waals surface area contributed by atoms with E-state index in [-0.39, 0.29) is 12.6 Å². The second kappa shape index (κ2) is 6.43. The topological polar surface area (TPSA) is 88.0 Å². The molecule has 0 aliphatic heterocycles. The molecule has 0 fully saturated rings. The number of hydrogen-bond donors (Lipinski definition) is 1. The van der Waals surface area contributed by atoms with E-state index >= 15 is 0 Å². The van der Waals surface area contributed by atoms with E-state index in [0.717, 1.165) is 13.0 Å². The summed E-state index contributed by atoms with van der Waals surface area (Å²) >= 11 is 0. The van der Waals surface area contributed by atoms with Crippen molar-refractivity contribution in [3.05, 3.63) is 30.1 Å². The molecule has 2 heterocycles. The van der Waals surface area contributed by atoms with Crippen LogP contribution in [0, 0.1) is 0 Å². The maximum atomic E-state index is 12.2. The molecule has 0 aliphatic carbocycles. The van der Waals surface area contributed by atoms with Gasteiger partial charge in [0.1, 0.15) is 12.0 Å². The fourth-order valence-electron chi connectivity index (χ4n) is 2.14. The number of hydrogen-bond acceptors (Lipinski definition) is 5. The Morgan fingerprint density at radius 2 is 2.24 bits per heavy atom. The van der Waals surface area contributed by atoms with Gasteiger partial charge >= 0.3 is 5.97 Å². The number of nitrogens with two attached hydrogens (primary N) is 1. The SMILES string of the molecule is CCCn1cc(N)cc1C(=O)OCc1ncnn1C(C)C. The minimum absolute atomic E-state index is 0.0915. The van der Waals surface area contributed by atoms with Gasteiger partial charge in [0.15, 0.2) is 12.4 Å². The normalized spacial score (nSPS) is 11.0. The Morgan fingerprint density at radius 3 is 2.90 bits per heavy atom. The molecule has 2 N–H and O–H groups in total. The Labute approximate surface area is 123 Å². The first-order valence-electron chi connectivity index (χ1n) is 7.04. The lowest BCUT2D eigenvalue weighted by Gasteiger charge is -2.10. The molecular formula is C14H21N5O2. The Kier molecular flexibility index (Phi) is 4.62. The van der Waals surface area contributed by atoms with Crippen LogP contribution < -0.4 is 5.73 Å². The van der Waals surface area contributed by atoms with Gasteiger partial charge in [0.2, 0.25) is 0 Å². The van der Waals surface area contributed by atoms with E-state index in [9.17, 15) is 4.79 Å². The molecule has 7 heteroatoms. The van der Waals surface area contributed by atoms with Crippen LogP contribution in [-0.2, 0) is 17.9 Å². The van der Waals surface area contributed by atoms with Crippen molar-refractivity contribution in [2.75, 3.05) is 5.73 Å². The highest BCUT2D eigenvalue weighted by Crippen LogP contribution is 2.14. The fraction of sp³-hybridized carbons (Fsp3) is 0.500. The van der Waals surface area contributed by atoms with Crippen LogP contribution in [-0.4, -0.2) is 25.3 Å². The maximum absolute atomic E-state index is 12.2. The number of aryl methyl sites for hydroxylation is 1. The molecule has 0 saturated heterocycles. The maximum Gasteiger partial charge on any atom is 0.355 e. The second-order valence-electron chi connectivity index (χ2n) is 5.14. The number of carbonyl (C=O) groups is 1. The molecule has 0 amide bonds. The predicted molar refractivity (Wildman–Crippen MR) is 78.7 cm³/mol. The van der Waals surface area contributed by atoms with Crippen LogP contribution in [0.5, 0.6) is 0 Å². The number of ether oxygens (including phenoxy) is 1. The zero-order valence-corrected chi connectivity index (χ0v) is 12.6. The molecule has 0 aliphatic rings. The molecular weight excluding hydrogens is 270 g/mol. The average Bonchev–Trinajstić information content (AvgIpc) is 3.03. The molecule has 0 radical (unpaired) electrons. The van der Waals surface area contributed by atoms with Crippen molar-refractivity contribution in [2.45, 2.75) is 46.4 Å². The summed E-state index contributed by atoms with van der Waals surface area (Å²) in [6, 6.07) is 1.80. The molecule has 2 aromatic rings. The number of nitrogens with zero attached hydrogens (tertiary/aromatic N) is 4. The number of aromatic nitrogens is 4. The largest absolute Gasteiger partial charge is 0.453 e. The summed E-state index contributed by atoms with van der Waals surface area (Å²) in [6.45, 7) is 6.84. The molecule has 0 aromatic carbocycles. The minimum atomic E-state index is -0.404. The van der Waals surface area contributed by atoms with E-state index < -0.39 is 5.97 Å². The number of rotatable bonds is 6. The Morgan fingerprint density at radius 1 is 1.48 bits per heavy atom. The third-order valence-corrected chi connectivity index (χ3v) is 3.06. The Hall–Kier alpha value is -2.31. The van der Waals surface area contributed by atoms with Crippen molar-refractivity contribution in [1.29, 1.82) is 0 Å². The first-order chi connectivity index (χ1) is 10.0. The van der Waals surface area contributed by atoms with Crippen LogP contribution in [0.25, 0.3) is 0 Å². The van der Waals surface area contributed by atoms with Gasteiger partial charge in [-0.05, 0) is 26.3 Å². The highest BCUT2D eigenvalue weighted by Gasteiger charge is 2.16. The molecule has 2 aromatic heterocycles. The van der Waals surface area contributed by atoms with Gasteiger partial charge in [-0.2, -0.15) is 5.10 Å². The van der Waals surface area contributed by atoms with Gasteiger partial charge in [-0.1, -0.05) is 6.92 Å². The monoisotopic (exact) mass is 291 g/mol. The highest BCUT2D eigenvalue weighted by molar-refractivity contribution is 5.89. The summed E-state index contributed by atoms with van der Waals surface area (Å²) in [5.74, 6) is 0.221. The summed E-state index contributed by atoms with van der Waals surface area (Å²) in [4.78, 5) is 16.3. The smallest absolute Gasteiger partial charge is 0.355 e. The van der Waals surface area contributed by atoms with Crippen LogP contribution in [0.1, 0.15) is 49.5 Å². The molecule has 0 saturated carbocycles. The minimum Gasteiger partial charge on any atom is -0.453 e. The molecule has 0 atom stereocenters. The number of nitrogen functional groups attached to an aromatic ring is 1. The fourth-order valence-corrected chi connectivity index (χ4v) is 2.14. The molecule has 2 rings (SSSR count). The molecule has 0 bridgehead atoms. The highest BCUT2D eigenvalue weighted by atomic mass is 16.5. The summed E-state index contributed by atoms with van der Waals surface area (Å²) < 4.78 is 8.86.